The molecule has 64 heavy (non-hydrogen) atoms. The zero-order valence-corrected chi connectivity index (χ0v) is 34.2. The van der Waals surface area contributed by atoms with E-state index in [1.165, 1.54) is 16.2 Å². The summed E-state index contributed by atoms with van der Waals surface area (Å²) in [5.74, 6) is 1.66. The van der Waals surface area contributed by atoms with Crippen LogP contribution >= 0.6 is 0 Å². The highest BCUT2D eigenvalue weighted by Crippen LogP contribution is 2.46. The van der Waals surface area contributed by atoms with Crippen LogP contribution in [0.5, 0.6) is 0 Å². The van der Waals surface area contributed by atoms with Gasteiger partial charge in [0.15, 0.2) is 11.6 Å². The molecule has 0 aliphatic carbocycles. The van der Waals surface area contributed by atoms with Crippen molar-refractivity contribution in [3.8, 4) is 40.1 Å². The minimum absolute atomic E-state index is 0.517. The predicted molar refractivity (Wildman–Crippen MR) is 261 cm³/mol. The Bertz CT molecular complexity index is 4140. The maximum atomic E-state index is 6.41. The molecule has 0 saturated carbocycles. The molecule has 0 atom stereocenters. The Morgan fingerprint density at radius 2 is 0.875 bits per heavy atom. The van der Waals surface area contributed by atoms with Gasteiger partial charge in [-0.1, -0.05) is 152 Å². The van der Waals surface area contributed by atoms with Crippen molar-refractivity contribution < 1.29 is 4.42 Å². The fourth-order valence-electron chi connectivity index (χ4n) is 10.3. The van der Waals surface area contributed by atoms with E-state index < -0.39 is 0 Å². The van der Waals surface area contributed by atoms with Gasteiger partial charge in [-0.15, -0.1) is 0 Å². The van der Waals surface area contributed by atoms with Gasteiger partial charge in [-0.2, -0.15) is 9.97 Å². The Kier molecular flexibility index (Phi) is 7.27. The normalized spacial score (nSPS) is 12.1. The molecule has 0 bridgehead atoms. The summed E-state index contributed by atoms with van der Waals surface area (Å²) >= 11 is 0. The molecule has 0 fully saturated rings. The Labute approximate surface area is 365 Å². The van der Waals surface area contributed by atoms with Gasteiger partial charge in [0.05, 0.1) is 38.8 Å². The van der Waals surface area contributed by atoms with Gasteiger partial charge < -0.3 is 13.6 Å². The highest BCUT2D eigenvalue weighted by Gasteiger charge is 2.28. The van der Waals surface area contributed by atoms with Crippen LogP contribution in [0, 0.1) is 0 Å². The number of hydrogen-bond donors (Lipinski definition) is 0. The average Bonchev–Trinajstić information content (AvgIpc) is 4.11. The molecule has 0 N–H and O–H groups in total. The van der Waals surface area contributed by atoms with Crippen molar-refractivity contribution >= 4 is 87.4 Å². The molecule has 9 aromatic carbocycles. The number of hydrogen-bond acceptors (Lipinski definition) is 4. The maximum absolute atomic E-state index is 6.41. The van der Waals surface area contributed by atoms with Crippen molar-refractivity contribution in [2.45, 2.75) is 0 Å². The molecule has 5 aromatic heterocycles. The Hall–Kier alpha value is -8.81. The second kappa shape index (κ2) is 13.3. The first-order chi connectivity index (χ1) is 31.8. The Morgan fingerprint density at radius 1 is 0.344 bits per heavy atom. The predicted octanol–water partition coefficient (Wildman–Crippen LogP) is 14.4. The quantitative estimate of drug-likeness (QED) is 0.173. The van der Waals surface area contributed by atoms with Crippen LogP contribution < -0.4 is 0 Å². The van der Waals surface area contributed by atoms with Crippen LogP contribution in [-0.4, -0.2) is 28.7 Å². The second-order valence-electron chi connectivity index (χ2n) is 16.4. The van der Waals surface area contributed by atoms with Crippen LogP contribution in [0.25, 0.3) is 127 Å². The maximum Gasteiger partial charge on any atom is 0.238 e. The van der Waals surface area contributed by atoms with Gasteiger partial charge in [-0.25, -0.2) is 4.98 Å². The molecule has 0 unspecified atom stereocenters. The molecule has 7 nitrogen and oxygen atoms in total. The van der Waals surface area contributed by atoms with E-state index >= 15 is 0 Å². The third kappa shape index (κ3) is 4.89. The highest BCUT2D eigenvalue weighted by molar-refractivity contribution is 6.28. The molecule has 0 aliphatic rings. The SMILES string of the molecule is c1ccc(-c2nc(-c3cccc4oc5ccccc5c34)nc(-n3c4ccccc4c4c3c(-n3c5ccccc5c5ccccc53)cc3c5ccccc5n(-c5ccccc5)c34)n2)cc1. The van der Waals surface area contributed by atoms with Crippen LogP contribution in [0.1, 0.15) is 0 Å². The smallest absolute Gasteiger partial charge is 0.238 e. The first-order valence-electron chi connectivity index (χ1n) is 21.5. The molecular formula is C57H34N6O. The number of fused-ring (bicyclic) bond motifs is 13. The lowest BCUT2D eigenvalue weighted by molar-refractivity contribution is 0.669. The number of benzene rings is 9. The van der Waals surface area contributed by atoms with Crippen LogP contribution in [0.2, 0.25) is 0 Å². The van der Waals surface area contributed by atoms with E-state index in [2.05, 4.69) is 171 Å². The number of furan rings is 1. The van der Waals surface area contributed by atoms with Gasteiger partial charge in [-0.3, -0.25) is 4.57 Å². The Balaban J connectivity index is 1.21. The molecule has 0 amide bonds. The van der Waals surface area contributed by atoms with Gasteiger partial charge in [0, 0.05) is 59.9 Å². The summed E-state index contributed by atoms with van der Waals surface area (Å²) in [7, 11) is 0. The summed E-state index contributed by atoms with van der Waals surface area (Å²) in [6, 6.07) is 72.5. The molecular weight excluding hydrogens is 785 g/mol. The van der Waals surface area contributed by atoms with E-state index in [-0.39, 0.29) is 0 Å². The lowest BCUT2D eigenvalue weighted by Crippen LogP contribution is -2.08. The average molecular weight is 819 g/mol. The lowest BCUT2D eigenvalue weighted by atomic mass is 10.1. The number of nitrogens with zero attached hydrogens (tertiary/aromatic N) is 6. The zero-order valence-electron chi connectivity index (χ0n) is 34.2. The van der Waals surface area contributed by atoms with E-state index in [1.807, 2.05) is 48.5 Å². The standard InChI is InChI=1S/C57H34N6O/c1-3-18-35(19-4-1)55-58-56(42-27-17-33-50-51(42)41-26-11-16-32-49(41)64-50)60-57(59-55)63-47-31-15-10-25-40(47)52-53-43(39-24-9-12-28-44(39)61(53)36-20-5-2-6-21-36)34-48(54(52)63)62-45-29-13-7-22-37(45)38-23-8-14-30-46(38)62/h1-34H. The fraction of sp³-hybridized carbons (Fsp3) is 0. The summed E-state index contributed by atoms with van der Waals surface area (Å²) in [6.45, 7) is 0. The van der Waals surface area contributed by atoms with Crippen LogP contribution in [-0.2, 0) is 0 Å². The fourth-order valence-corrected chi connectivity index (χ4v) is 10.3. The molecule has 14 aromatic rings. The van der Waals surface area contributed by atoms with E-state index in [0.717, 1.165) is 93.7 Å². The highest BCUT2D eigenvalue weighted by atomic mass is 16.3. The second-order valence-corrected chi connectivity index (χ2v) is 16.4. The monoisotopic (exact) mass is 818 g/mol. The molecule has 5 heterocycles. The zero-order chi connectivity index (χ0) is 41.9. The summed E-state index contributed by atoms with van der Waals surface area (Å²) in [4.78, 5) is 16.3. The number of rotatable bonds is 5. The topological polar surface area (TPSA) is 66.6 Å². The summed E-state index contributed by atoms with van der Waals surface area (Å²) in [5.41, 5.74) is 11.9. The van der Waals surface area contributed by atoms with Crippen molar-refractivity contribution in [2.24, 2.45) is 0 Å². The summed E-state index contributed by atoms with van der Waals surface area (Å²) < 4.78 is 13.6. The largest absolute Gasteiger partial charge is 0.456 e. The molecule has 7 heteroatoms. The van der Waals surface area contributed by atoms with E-state index in [0.29, 0.717) is 17.6 Å². The van der Waals surface area contributed by atoms with Gasteiger partial charge in [0.25, 0.3) is 0 Å². The van der Waals surface area contributed by atoms with Crippen molar-refractivity contribution in [2.75, 3.05) is 0 Å². The lowest BCUT2D eigenvalue weighted by Gasteiger charge is -2.16. The molecule has 14 rings (SSSR count). The minimum atomic E-state index is 0.517. The first-order valence-corrected chi connectivity index (χ1v) is 21.5. The van der Waals surface area contributed by atoms with E-state index in [9.17, 15) is 0 Å². The van der Waals surface area contributed by atoms with Gasteiger partial charge in [-0.05, 0) is 54.6 Å². The van der Waals surface area contributed by atoms with Crippen molar-refractivity contribution in [3.63, 3.8) is 0 Å². The van der Waals surface area contributed by atoms with Crippen molar-refractivity contribution in [3.05, 3.63) is 206 Å². The van der Waals surface area contributed by atoms with E-state index in [1.54, 1.807) is 0 Å². The molecule has 0 aliphatic heterocycles. The third-order valence-corrected chi connectivity index (χ3v) is 12.9. The van der Waals surface area contributed by atoms with E-state index in [4.69, 9.17) is 19.4 Å². The molecule has 0 radical (unpaired) electrons. The van der Waals surface area contributed by atoms with Crippen molar-refractivity contribution in [1.82, 2.24) is 28.7 Å². The summed E-state index contributed by atoms with van der Waals surface area (Å²) in [5, 5.41) is 8.90. The molecule has 0 saturated heterocycles. The molecule has 298 valence electrons. The van der Waals surface area contributed by atoms with Gasteiger partial charge in [0.2, 0.25) is 5.95 Å². The van der Waals surface area contributed by atoms with Crippen LogP contribution in [0.15, 0.2) is 211 Å². The number of para-hydroxylation sites is 6. The third-order valence-electron chi connectivity index (χ3n) is 12.9. The molecule has 0 spiro atoms. The van der Waals surface area contributed by atoms with Gasteiger partial charge >= 0.3 is 0 Å². The van der Waals surface area contributed by atoms with Gasteiger partial charge in [0.1, 0.15) is 11.2 Å². The van der Waals surface area contributed by atoms with Crippen molar-refractivity contribution in [1.29, 1.82) is 0 Å². The Morgan fingerprint density at radius 3 is 1.58 bits per heavy atom. The van der Waals surface area contributed by atoms with Crippen LogP contribution in [0.4, 0.5) is 0 Å². The van der Waals surface area contributed by atoms with Crippen LogP contribution in [0.3, 0.4) is 0 Å². The summed E-state index contributed by atoms with van der Waals surface area (Å²) in [6.07, 6.45) is 0. The first kappa shape index (κ1) is 34.9. The minimum Gasteiger partial charge on any atom is -0.456 e. The number of aromatic nitrogens is 6.